The van der Waals surface area contributed by atoms with Gasteiger partial charge in [-0.3, -0.25) is 4.98 Å². The summed E-state index contributed by atoms with van der Waals surface area (Å²) in [6.07, 6.45) is 7.35. The van der Waals surface area contributed by atoms with Gasteiger partial charge < -0.3 is 15.0 Å². The number of benzene rings is 1. The number of fused-ring (bicyclic) bond motifs is 1. The summed E-state index contributed by atoms with van der Waals surface area (Å²) in [4.78, 5) is 11.2. The lowest BCUT2D eigenvalue weighted by Crippen LogP contribution is -2.33. The second-order valence-electron chi connectivity index (χ2n) is 6.87. The molecule has 0 saturated heterocycles. The Labute approximate surface area is 165 Å². The molecule has 0 amide bonds. The molecule has 1 atom stereocenters. The number of ether oxygens (including phenoxy) is 1. The van der Waals surface area contributed by atoms with Crippen LogP contribution < -0.4 is 15.0 Å². The number of nitrogens with one attached hydrogen (secondary N) is 1. The van der Waals surface area contributed by atoms with Crippen molar-refractivity contribution in [2.75, 3.05) is 23.4 Å². The number of nitrogens with zero attached hydrogens (tertiary/aromatic N) is 3. The molecule has 3 heterocycles. The van der Waals surface area contributed by atoms with E-state index in [-0.39, 0.29) is 6.04 Å². The molecule has 3 aromatic rings. The molecule has 0 fully saturated rings. The average Bonchev–Trinajstić information content (AvgIpc) is 2.75. The molecule has 1 unspecified atom stereocenters. The SMILES string of the molecule is C=Cc1ccc(C(C)Nc2nccc3c2N(Cc2cccnc2)CCO3)cc1. The molecule has 0 radical (unpaired) electrons. The predicted molar refractivity (Wildman–Crippen MR) is 114 cm³/mol. The van der Waals surface area contributed by atoms with E-state index in [1.165, 1.54) is 11.1 Å². The molecular weight excluding hydrogens is 348 g/mol. The number of rotatable bonds is 6. The number of hydrogen-bond acceptors (Lipinski definition) is 5. The predicted octanol–water partition coefficient (Wildman–Crippen LogP) is 4.69. The van der Waals surface area contributed by atoms with Crippen molar-refractivity contribution in [1.82, 2.24) is 9.97 Å². The van der Waals surface area contributed by atoms with Crippen LogP contribution >= 0.6 is 0 Å². The van der Waals surface area contributed by atoms with Crippen LogP contribution in [0, 0.1) is 0 Å². The maximum Gasteiger partial charge on any atom is 0.153 e. The average molecular weight is 372 g/mol. The first-order valence-corrected chi connectivity index (χ1v) is 9.49. The second-order valence-corrected chi connectivity index (χ2v) is 6.87. The third-order valence-corrected chi connectivity index (χ3v) is 4.94. The standard InChI is InChI=1S/C23H24N4O/c1-3-18-6-8-20(9-7-18)17(2)26-23-22-21(10-12-25-23)28-14-13-27(22)16-19-5-4-11-24-15-19/h3-12,15,17H,1,13-14,16H2,2H3,(H,25,26). The van der Waals surface area contributed by atoms with Crippen molar-refractivity contribution in [1.29, 1.82) is 0 Å². The van der Waals surface area contributed by atoms with Crippen LogP contribution in [0.4, 0.5) is 11.5 Å². The largest absolute Gasteiger partial charge is 0.489 e. The van der Waals surface area contributed by atoms with Crippen molar-refractivity contribution in [3.8, 4) is 5.75 Å². The first kappa shape index (κ1) is 18.0. The highest BCUT2D eigenvalue weighted by Crippen LogP contribution is 2.39. The molecule has 0 saturated carbocycles. The molecule has 142 valence electrons. The molecule has 1 N–H and O–H groups in total. The van der Waals surface area contributed by atoms with Gasteiger partial charge in [-0.1, -0.05) is 43.0 Å². The number of pyridine rings is 2. The summed E-state index contributed by atoms with van der Waals surface area (Å²) in [5, 5.41) is 3.57. The van der Waals surface area contributed by atoms with Crippen LogP contribution in [0.5, 0.6) is 5.75 Å². The first-order valence-electron chi connectivity index (χ1n) is 9.49. The van der Waals surface area contributed by atoms with E-state index in [1.54, 1.807) is 12.4 Å². The highest BCUT2D eigenvalue weighted by atomic mass is 16.5. The van der Waals surface area contributed by atoms with Crippen molar-refractivity contribution in [2.45, 2.75) is 19.5 Å². The number of aromatic nitrogens is 2. The highest BCUT2D eigenvalue weighted by molar-refractivity contribution is 5.74. The molecule has 0 spiro atoms. The molecule has 1 aliphatic rings. The minimum atomic E-state index is 0.111. The smallest absolute Gasteiger partial charge is 0.153 e. The minimum Gasteiger partial charge on any atom is -0.489 e. The third-order valence-electron chi connectivity index (χ3n) is 4.94. The van der Waals surface area contributed by atoms with E-state index in [0.29, 0.717) is 6.61 Å². The van der Waals surface area contributed by atoms with Gasteiger partial charge in [0.15, 0.2) is 5.82 Å². The van der Waals surface area contributed by atoms with Crippen molar-refractivity contribution in [3.05, 3.63) is 84.3 Å². The lowest BCUT2D eigenvalue weighted by molar-refractivity contribution is 0.306. The maximum atomic E-state index is 5.90. The number of hydrogen-bond donors (Lipinski definition) is 1. The Morgan fingerprint density at radius 1 is 1.21 bits per heavy atom. The first-order chi connectivity index (χ1) is 13.7. The van der Waals surface area contributed by atoms with Gasteiger partial charge in [-0.05, 0) is 29.7 Å². The van der Waals surface area contributed by atoms with Gasteiger partial charge in [-0.15, -0.1) is 0 Å². The summed E-state index contributed by atoms with van der Waals surface area (Å²) in [6, 6.07) is 14.5. The van der Waals surface area contributed by atoms with Crippen LogP contribution in [-0.2, 0) is 6.54 Å². The maximum absolute atomic E-state index is 5.90. The lowest BCUT2D eigenvalue weighted by atomic mass is 10.1. The second kappa shape index (κ2) is 8.13. The summed E-state index contributed by atoms with van der Waals surface area (Å²) in [6.45, 7) is 8.20. The van der Waals surface area contributed by atoms with Gasteiger partial charge in [0.2, 0.25) is 0 Å². The zero-order chi connectivity index (χ0) is 19.3. The van der Waals surface area contributed by atoms with E-state index >= 15 is 0 Å². The molecule has 1 aromatic carbocycles. The molecule has 1 aliphatic heterocycles. The molecule has 0 bridgehead atoms. The van der Waals surface area contributed by atoms with Gasteiger partial charge in [-0.25, -0.2) is 4.98 Å². The van der Waals surface area contributed by atoms with Crippen LogP contribution in [0.25, 0.3) is 6.08 Å². The Bertz CT molecular complexity index is 941. The topological polar surface area (TPSA) is 50.3 Å². The third kappa shape index (κ3) is 3.83. The number of anilines is 2. The highest BCUT2D eigenvalue weighted by Gasteiger charge is 2.23. The lowest BCUT2D eigenvalue weighted by Gasteiger charge is -2.33. The summed E-state index contributed by atoms with van der Waals surface area (Å²) in [7, 11) is 0. The molecule has 5 nitrogen and oxygen atoms in total. The van der Waals surface area contributed by atoms with Gasteiger partial charge in [-0.2, -0.15) is 0 Å². The quantitative estimate of drug-likeness (QED) is 0.680. The molecule has 2 aromatic heterocycles. The van der Waals surface area contributed by atoms with Crippen LogP contribution in [0.15, 0.2) is 67.6 Å². The molecular formula is C23H24N4O. The van der Waals surface area contributed by atoms with Gasteiger partial charge in [0.05, 0.1) is 12.6 Å². The summed E-state index contributed by atoms with van der Waals surface area (Å²) < 4.78 is 5.90. The van der Waals surface area contributed by atoms with Crippen LogP contribution in [0.1, 0.15) is 29.7 Å². The Morgan fingerprint density at radius 2 is 2.07 bits per heavy atom. The van der Waals surface area contributed by atoms with E-state index in [2.05, 4.69) is 64.0 Å². The monoisotopic (exact) mass is 372 g/mol. The Hall–Kier alpha value is -3.34. The van der Waals surface area contributed by atoms with E-state index < -0.39 is 0 Å². The Morgan fingerprint density at radius 3 is 2.82 bits per heavy atom. The van der Waals surface area contributed by atoms with Crippen molar-refractivity contribution >= 4 is 17.6 Å². The van der Waals surface area contributed by atoms with Gasteiger partial charge in [0.1, 0.15) is 18.0 Å². The zero-order valence-electron chi connectivity index (χ0n) is 16.0. The summed E-state index contributed by atoms with van der Waals surface area (Å²) >= 11 is 0. The molecule has 0 aliphatic carbocycles. The van der Waals surface area contributed by atoms with Crippen LogP contribution in [0.3, 0.4) is 0 Å². The molecule has 28 heavy (non-hydrogen) atoms. The van der Waals surface area contributed by atoms with E-state index in [0.717, 1.165) is 35.9 Å². The summed E-state index contributed by atoms with van der Waals surface area (Å²) in [5.74, 6) is 1.70. The van der Waals surface area contributed by atoms with Crippen molar-refractivity contribution in [2.24, 2.45) is 0 Å². The van der Waals surface area contributed by atoms with Gasteiger partial charge in [0.25, 0.3) is 0 Å². The van der Waals surface area contributed by atoms with Crippen molar-refractivity contribution < 1.29 is 4.74 Å². The van der Waals surface area contributed by atoms with Crippen LogP contribution in [0.2, 0.25) is 0 Å². The van der Waals surface area contributed by atoms with E-state index in [4.69, 9.17) is 4.74 Å². The minimum absolute atomic E-state index is 0.111. The van der Waals surface area contributed by atoms with Gasteiger partial charge >= 0.3 is 0 Å². The molecule has 5 heteroatoms. The van der Waals surface area contributed by atoms with E-state index in [1.807, 2.05) is 24.4 Å². The normalized spacial score (nSPS) is 14.0. The van der Waals surface area contributed by atoms with E-state index in [9.17, 15) is 0 Å². The summed E-state index contributed by atoms with van der Waals surface area (Å²) in [5.41, 5.74) is 4.48. The van der Waals surface area contributed by atoms with Crippen molar-refractivity contribution in [3.63, 3.8) is 0 Å². The zero-order valence-corrected chi connectivity index (χ0v) is 16.0. The van der Waals surface area contributed by atoms with Gasteiger partial charge in [0, 0.05) is 31.2 Å². The Balaban J connectivity index is 1.60. The fourth-order valence-corrected chi connectivity index (χ4v) is 3.42. The fraction of sp³-hybridized carbons (Fsp3) is 0.217. The molecule has 4 rings (SSSR count). The fourth-order valence-electron chi connectivity index (χ4n) is 3.42. The van der Waals surface area contributed by atoms with Crippen LogP contribution in [-0.4, -0.2) is 23.1 Å². The Kier molecular flexibility index (Phi) is 5.24.